The summed E-state index contributed by atoms with van der Waals surface area (Å²) in [5.41, 5.74) is 3.70. The number of esters is 1. The van der Waals surface area contributed by atoms with Crippen LogP contribution in [0.15, 0.2) is 0 Å². The topological polar surface area (TPSA) is 379 Å². The van der Waals surface area contributed by atoms with Crippen LogP contribution in [-0.4, -0.2) is 280 Å². The highest BCUT2D eigenvalue weighted by molar-refractivity contribution is 5.78. The summed E-state index contributed by atoms with van der Waals surface area (Å²) >= 11 is 0. The number of Topliss-reactive ketones (excluding diaryl/α,β-unsaturated/α-hetero) is 1. The second-order valence-corrected chi connectivity index (χ2v) is 21.0. The molecule has 87 heavy (non-hydrogen) atoms. The van der Waals surface area contributed by atoms with Gasteiger partial charge in [0, 0.05) is 52.0 Å². The van der Waals surface area contributed by atoms with E-state index in [1.165, 1.54) is 0 Å². The summed E-state index contributed by atoms with van der Waals surface area (Å²) in [7, 11) is 0. The van der Waals surface area contributed by atoms with Gasteiger partial charge in [-0.3, -0.25) is 19.2 Å². The molecular weight excluding hydrogens is 1160 g/mol. The molecule has 0 atom stereocenters. The number of rotatable bonds is 56. The molecule has 0 saturated heterocycles. The van der Waals surface area contributed by atoms with Gasteiger partial charge in [0.05, 0.1) is 185 Å². The highest BCUT2D eigenvalue weighted by atomic mass is 16.6. The van der Waals surface area contributed by atoms with Crippen LogP contribution in [0.3, 0.4) is 0 Å². The van der Waals surface area contributed by atoms with Gasteiger partial charge in [-0.05, 0) is 68.7 Å². The Bertz CT molecular complexity index is 1640. The Morgan fingerprint density at radius 3 is 0.954 bits per heavy atom. The molecule has 0 aromatic rings. The number of carbonyl (C=O) groups is 7. The van der Waals surface area contributed by atoms with E-state index in [4.69, 9.17) is 96.5 Å². The number of amides is 3. The molecule has 0 heterocycles. The highest BCUT2D eigenvalue weighted by Gasteiger charge is 2.18. The first-order valence-corrected chi connectivity index (χ1v) is 29.5. The van der Waals surface area contributed by atoms with Crippen molar-refractivity contribution < 1.29 is 124 Å². The Morgan fingerprint density at radius 1 is 0.322 bits per heavy atom. The van der Waals surface area contributed by atoms with Gasteiger partial charge in [-0.2, -0.15) is 0 Å². The molecule has 0 aromatic heterocycles. The third-order valence-electron chi connectivity index (χ3n) is 9.31. The van der Waals surface area contributed by atoms with Crippen molar-refractivity contribution in [3.63, 3.8) is 0 Å². The van der Waals surface area contributed by atoms with Gasteiger partial charge in [-0.25, -0.2) is 14.4 Å². The maximum Gasteiger partial charge on any atom is 0.407 e. The fourth-order valence-electron chi connectivity index (χ4n) is 5.59. The summed E-state index contributed by atoms with van der Waals surface area (Å²) in [5, 5.41) is 24.6. The van der Waals surface area contributed by atoms with Crippen LogP contribution in [0.1, 0.15) is 101 Å². The van der Waals surface area contributed by atoms with Gasteiger partial charge in [0.25, 0.3) is 0 Å². The Labute approximate surface area is 515 Å². The van der Waals surface area contributed by atoms with Gasteiger partial charge in [-0.1, -0.05) is 0 Å². The minimum atomic E-state index is -0.884. The number of carboxylic acid groups (broad SMARTS) is 2. The molecule has 30 nitrogen and oxygen atoms in total. The smallest absolute Gasteiger partial charge is 0.407 e. The first kappa shape index (κ1) is 86.7. The predicted octanol–water partition coefficient (Wildman–Crippen LogP) is 2.74. The summed E-state index contributed by atoms with van der Waals surface area (Å²) in [5.74, 6) is -2.20. The summed E-state index contributed by atoms with van der Waals surface area (Å²) in [6.45, 7) is 28.0. The van der Waals surface area contributed by atoms with Gasteiger partial charge in [0.2, 0.25) is 5.91 Å². The molecule has 0 spiro atoms. The van der Waals surface area contributed by atoms with Gasteiger partial charge in [0.1, 0.15) is 29.2 Å². The minimum Gasteiger partial charge on any atom is -0.481 e. The third kappa shape index (κ3) is 83.6. The molecule has 0 saturated carbocycles. The van der Waals surface area contributed by atoms with Gasteiger partial charge in [-0.15, -0.1) is 0 Å². The number of nitrogens with two attached hydrogens (primary N) is 1. The van der Waals surface area contributed by atoms with E-state index < -0.39 is 46.9 Å². The molecule has 0 rings (SSSR count). The SMILES string of the molecule is CC(C)(C)OC(=O)COCCOCCNC(=O)CCOCCOCCOCCOCCC(=O)CCCOCCOCCNC(=O)OC(C)(C)C.CC(C)(C)OC(=O)NCCOCCOCCN.O=C(O)CCOCCOCCOCCOCCC(=O)O. The first-order chi connectivity index (χ1) is 41.4. The van der Waals surface area contributed by atoms with Crippen molar-refractivity contribution in [2.45, 2.75) is 118 Å². The fraction of sp³-hybridized carbons (Fsp3) is 0.877. The van der Waals surface area contributed by atoms with Gasteiger partial charge < -0.3 is 112 Å². The van der Waals surface area contributed by atoms with Crippen molar-refractivity contribution in [3.8, 4) is 0 Å². The number of nitrogens with one attached hydrogen (secondary N) is 3. The van der Waals surface area contributed by atoms with E-state index in [1.54, 1.807) is 41.5 Å². The van der Waals surface area contributed by atoms with E-state index in [9.17, 15) is 33.6 Å². The Kier molecular flexibility index (Phi) is 61.5. The first-order valence-electron chi connectivity index (χ1n) is 29.5. The second kappa shape index (κ2) is 61.7. The van der Waals surface area contributed by atoms with Crippen LogP contribution >= 0.6 is 0 Å². The summed E-state index contributed by atoms with van der Waals surface area (Å²) in [6.07, 6.45) is 0.733. The zero-order valence-corrected chi connectivity index (χ0v) is 53.6. The molecule has 0 aliphatic carbocycles. The van der Waals surface area contributed by atoms with Crippen molar-refractivity contribution in [1.29, 1.82) is 0 Å². The number of hydrogen-bond donors (Lipinski definition) is 6. The van der Waals surface area contributed by atoms with Crippen molar-refractivity contribution >= 4 is 41.8 Å². The Morgan fingerprint density at radius 2 is 0.609 bits per heavy atom. The van der Waals surface area contributed by atoms with Crippen LogP contribution in [-0.2, 0) is 104 Å². The molecule has 0 aliphatic heterocycles. The maximum absolute atomic E-state index is 12.0. The standard InChI is InChI=1S/C34H64N2O14.C12H22O8.C11H24N2O4/c1-33(2,3)49-31(39)28-48-27-26-44-16-11-35-30(38)10-15-43-20-23-47-25-24-46-22-19-42-14-9-29(37)8-7-13-41-18-21-45-17-12-36-32(40)50-34(4,5)6;13-11(14)1-3-17-5-7-19-9-10-20-8-6-18-4-2-12(15)16;1-11(2,3)17-10(14)13-5-7-16-9-8-15-6-4-12/h7-28H2,1-6H3,(H,35,38)(H,36,40);1-10H2,(H,13,14)(H,15,16);4-9,12H2,1-3H3,(H,13,14). The number of ketones is 1. The van der Waals surface area contributed by atoms with Crippen molar-refractivity contribution in [2.24, 2.45) is 5.73 Å². The molecule has 0 unspecified atom stereocenters. The second-order valence-electron chi connectivity index (χ2n) is 21.0. The molecule has 0 aromatic carbocycles. The molecule has 3 amide bonds. The van der Waals surface area contributed by atoms with Crippen LogP contribution < -0.4 is 21.7 Å². The number of aliphatic carboxylic acids is 2. The molecule has 514 valence electrons. The monoisotopic (exact) mass is 1270 g/mol. The number of carbonyl (C=O) groups excluding carboxylic acids is 5. The highest BCUT2D eigenvalue weighted by Crippen LogP contribution is 2.08. The Hall–Kier alpha value is -4.51. The van der Waals surface area contributed by atoms with Crippen LogP contribution in [0.25, 0.3) is 0 Å². The van der Waals surface area contributed by atoms with Crippen molar-refractivity contribution in [3.05, 3.63) is 0 Å². The summed E-state index contributed by atoms with van der Waals surface area (Å²) in [6, 6.07) is 0. The Balaban J connectivity index is -0.00000154. The maximum atomic E-state index is 12.0. The van der Waals surface area contributed by atoms with E-state index in [0.717, 1.165) is 0 Å². The van der Waals surface area contributed by atoms with E-state index >= 15 is 0 Å². The lowest BCUT2D eigenvalue weighted by Crippen LogP contribution is -2.34. The summed E-state index contributed by atoms with van der Waals surface area (Å²) < 4.78 is 89.2. The van der Waals surface area contributed by atoms with Crippen LogP contribution in [0, 0.1) is 0 Å². The minimum absolute atomic E-state index is 0.00894. The van der Waals surface area contributed by atoms with Crippen molar-refractivity contribution in [1.82, 2.24) is 16.0 Å². The molecule has 0 radical (unpaired) electrons. The molecular formula is C57H110N4O26. The van der Waals surface area contributed by atoms with E-state index in [1.807, 2.05) is 20.8 Å². The average molecular weight is 1270 g/mol. The zero-order valence-electron chi connectivity index (χ0n) is 53.6. The van der Waals surface area contributed by atoms with E-state index in [-0.39, 0.29) is 64.0 Å². The third-order valence-corrected chi connectivity index (χ3v) is 9.31. The largest absolute Gasteiger partial charge is 0.481 e. The molecule has 30 heteroatoms. The number of hydrogen-bond acceptors (Lipinski definition) is 25. The fourth-order valence-corrected chi connectivity index (χ4v) is 5.59. The van der Waals surface area contributed by atoms with E-state index in [0.29, 0.717) is 197 Å². The van der Waals surface area contributed by atoms with E-state index in [2.05, 4.69) is 16.0 Å². The van der Waals surface area contributed by atoms with Gasteiger partial charge in [0.15, 0.2) is 0 Å². The predicted molar refractivity (Wildman–Crippen MR) is 316 cm³/mol. The van der Waals surface area contributed by atoms with Crippen LogP contribution in [0.5, 0.6) is 0 Å². The zero-order chi connectivity index (χ0) is 65.6. The lowest BCUT2D eigenvalue weighted by atomic mass is 10.2. The lowest BCUT2D eigenvalue weighted by molar-refractivity contribution is -0.160. The van der Waals surface area contributed by atoms with Crippen LogP contribution in [0.4, 0.5) is 9.59 Å². The normalized spacial score (nSPS) is 11.4. The lowest BCUT2D eigenvalue weighted by Gasteiger charge is -2.19. The quantitative estimate of drug-likeness (QED) is 0.0290. The molecule has 0 fully saturated rings. The van der Waals surface area contributed by atoms with Crippen molar-refractivity contribution in [2.75, 3.05) is 211 Å². The average Bonchev–Trinajstić information content (AvgIpc) is 3.51. The number of ether oxygens (including phenoxy) is 17. The number of carboxylic acids is 2. The molecule has 7 N–H and O–H groups in total. The molecule has 0 bridgehead atoms. The summed E-state index contributed by atoms with van der Waals surface area (Å²) in [4.78, 5) is 78.3. The van der Waals surface area contributed by atoms with Gasteiger partial charge >= 0.3 is 30.1 Å². The van der Waals surface area contributed by atoms with Crippen LogP contribution in [0.2, 0.25) is 0 Å². The molecule has 0 aliphatic rings. The number of alkyl carbamates (subject to hydrolysis) is 2.